The van der Waals surface area contributed by atoms with E-state index >= 15 is 0 Å². The number of nitrogens with one attached hydrogen (secondary N) is 6. The highest BCUT2D eigenvalue weighted by Gasteiger charge is 2.45. The third kappa shape index (κ3) is 12.2. The van der Waals surface area contributed by atoms with Crippen molar-refractivity contribution in [2.45, 2.75) is 231 Å². The van der Waals surface area contributed by atoms with Crippen LogP contribution in [0.1, 0.15) is 162 Å². The molecule has 58 heavy (non-hydrogen) atoms. The van der Waals surface area contributed by atoms with Crippen molar-refractivity contribution in [1.82, 2.24) is 46.9 Å². The van der Waals surface area contributed by atoms with Crippen molar-refractivity contribution in [2.75, 3.05) is 54.3 Å². The van der Waals surface area contributed by atoms with E-state index in [1.807, 2.05) is 0 Å². The zero-order valence-electron chi connectivity index (χ0n) is 39.8. The molecule has 5 fully saturated rings. The van der Waals surface area contributed by atoms with Gasteiger partial charge in [-0.1, -0.05) is 0 Å². The second-order valence-electron chi connectivity index (χ2n) is 24.4. The van der Waals surface area contributed by atoms with Gasteiger partial charge < -0.3 is 40.7 Å². The second kappa shape index (κ2) is 16.1. The summed E-state index contributed by atoms with van der Waals surface area (Å²) in [5.41, 5.74) is -0.0536. The summed E-state index contributed by atoms with van der Waals surface area (Å²) in [6.07, 6.45) is 8.16. The van der Waals surface area contributed by atoms with Crippen LogP contribution in [0.5, 0.6) is 0 Å². The van der Waals surface area contributed by atoms with Crippen LogP contribution in [0.2, 0.25) is 0 Å². The SMILES string of the molecule is CC1(C)CC(NCN(c2nc(N3CCOCC3)nc(N(CNC3CC(C)(C)NC(C)(C)C3)C3CC(C)(C)NC(C)(C)C3)n2)C2CC(C)(C)NC(C)(C)C2)CC(C)(C)N1. The summed E-state index contributed by atoms with van der Waals surface area (Å²) >= 11 is 0. The number of hydrogen-bond acceptors (Lipinski definition) is 13. The van der Waals surface area contributed by atoms with Crippen LogP contribution < -0.4 is 46.6 Å². The van der Waals surface area contributed by atoms with Crippen LogP contribution in [0.4, 0.5) is 17.8 Å². The van der Waals surface area contributed by atoms with Gasteiger partial charge in [-0.3, -0.25) is 10.6 Å². The molecule has 332 valence electrons. The molecule has 13 nitrogen and oxygen atoms in total. The lowest BCUT2D eigenvalue weighted by atomic mass is 9.79. The maximum Gasteiger partial charge on any atom is 0.233 e. The molecule has 0 radical (unpaired) electrons. The first-order chi connectivity index (χ1) is 26.5. The van der Waals surface area contributed by atoms with Crippen molar-refractivity contribution in [3.8, 4) is 0 Å². The molecular formula is C45H86N12O. The van der Waals surface area contributed by atoms with Gasteiger partial charge in [0.15, 0.2) is 0 Å². The molecule has 0 aromatic carbocycles. The Morgan fingerprint density at radius 1 is 0.483 bits per heavy atom. The molecule has 1 aromatic rings. The number of aromatic nitrogens is 3. The van der Waals surface area contributed by atoms with E-state index in [0.29, 0.717) is 38.6 Å². The zero-order valence-corrected chi connectivity index (χ0v) is 39.8. The lowest BCUT2D eigenvalue weighted by molar-refractivity contribution is 0.122. The quantitative estimate of drug-likeness (QED) is 0.154. The summed E-state index contributed by atoms with van der Waals surface area (Å²) in [6, 6.07) is 1.15. The Hall–Kier alpha value is -1.87. The Morgan fingerprint density at radius 3 is 1.09 bits per heavy atom. The molecule has 5 saturated heterocycles. The average Bonchev–Trinajstić information content (AvgIpc) is 2.99. The first kappa shape index (κ1) is 45.7. The summed E-state index contributed by atoms with van der Waals surface area (Å²) in [7, 11) is 0. The molecule has 0 saturated carbocycles. The summed E-state index contributed by atoms with van der Waals surface area (Å²) in [5.74, 6) is 2.30. The molecule has 0 spiro atoms. The summed E-state index contributed by atoms with van der Waals surface area (Å²) in [6.45, 7) is 41.7. The van der Waals surface area contributed by atoms with Crippen molar-refractivity contribution >= 4 is 17.8 Å². The summed E-state index contributed by atoms with van der Waals surface area (Å²) < 4.78 is 5.86. The van der Waals surface area contributed by atoms with E-state index < -0.39 is 0 Å². The van der Waals surface area contributed by atoms with E-state index in [9.17, 15) is 0 Å². The van der Waals surface area contributed by atoms with Crippen molar-refractivity contribution in [1.29, 1.82) is 0 Å². The largest absolute Gasteiger partial charge is 0.378 e. The first-order valence-electron chi connectivity index (χ1n) is 22.7. The number of hydrogen-bond donors (Lipinski definition) is 6. The fraction of sp³-hybridized carbons (Fsp3) is 0.933. The number of nitrogens with zero attached hydrogens (tertiary/aromatic N) is 6. The maximum atomic E-state index is 5.86. The Morgan fingerprint density at radius 2 is 0.776 bits per heavy atom. The third-order valence-corrected chi connectivity index (χ3v) is 13.1. The van der Waals surface area contributed by atoms with Crippen LogP contribution in [-0.2, 0) is 4.74 Å². The normalized spacial score (nSPS) is 28.2. The van der Waals surface area contributed by atoms with Gasteiger partial charge in [0.25, 0.3) is 0 Å². The predicted octanol–water partition coefficient (Wildman–Crippen LogP) is 5.65. The van der Waals surface area contributed by atoms with Crippen molar-refractivity contribution in [2.24, 2.45) is 0 Å². The molecule has 13 heteroatoms. The lowest BCUT2D eigenvalue weighted by Gasteiger charge is -2.51. The number of rotatable bonds is 11. The van der Waals surface area contributed by atoms with E-state index in [-0.39, 0.29) is 56.4 Å². The van der Waals surface area contributed by atoms with Crippen molar-refractivity contribution in [3.63, 3.8) is 0 Å². The molecule has 5 aliphatic rings. The molecule has 6 rings (SSSR count). The van der Waals surface area contributed by atoms with Gasteiger partial charge >= 0.3 is 0 Å². The predicted molar refractivity (Wildman–Crippen MR) is 241 cm³/mol. The zero-order chi connectivity index (χ0) is 42.7. The molecular weight excluding hydrogens is 725 g/mol. The smallest absolute Gasteiger partial charge is 0.233 e. The van der Waals surface area contributed by atoms with E-state index in [1.165, 1.54) is 0 Å². The molecule has 6 heterocycles. The standard InChI is InChI=1S/C45H86N12O/c1-38(2)21-31(22-39(3,4)51-38)46-29-56(33-25-42(9,10)53-43(11,12)26-33)36-48-35(55-17-19-58-20-18-55)49-37(50-36)57(34-27-44(13,14)54-45(15,16)28-34)30-47-32-23-40(5,6)52-41(7,8)24-32/h31-34,46-47,51-54H,17-30H2,1-16H3. The minimum Gasteiger partial charge on any atom is -0.378 e. The van der Waals surface area contributed by atoms with Gasteiger partial charge in [0.1, 0.15) is 0 Å². The number of ether oxygens (including phenoxy) is 1. The van der Waals surface area contributed by atoms with Gasteiger partial charge in [-0.25, -0.2) is 0 Å². The second-order valence-corrected chi connectivity index (χ2v) is 24.4. The Bertz CT molecular complexity index is 1400. The summed E-state index contributed by atoms with van der Waals surface area (Å²) in [4.78, 5) is 23.9. The Balaban J connectivity index is 1.44. The van der Waals surface area contributed by atoms with Gasteiger partial charge in [-0.05, 0) is 162 Å². The molecule has 0 atom stereocenters. The monoisotopic (exact) mass is 811 g/mol. The first-order valence-corrected chi connectivity index (χ1v) is 22.7. The molecule has 5 aliphatic heterocycles. The fourth-order valence-electron chi connectivity index (χ4n) is 12.6. The van der Waals surface area contributed by atoms with Crippen molar-refractivity contribution < 1.29 is 4.74 Å². The fourth-order valence-corrected chi connectivity index (χ4v) is 12.6. The maximum absolute atomic E-state index is 5.86. The number of morpholine rings is 1. The van der Waals surface area contributed by atoms with Crippen molar-refractivity contribution in [3.05, 3.63) is 0 Å². The van der Waals surface area contributed by atoms with Gasteiger partial charge in [-0.2, -0.15) is 15.0 Å². The van der Waals surface area contributed by atoms with Gasteiger partial charge in [0.2, 0.25) is 17.8 Å². The van der Waals surface area contributed by atoms with Crippen LogP contribution in [0.25, 0.3) is 0 Å². The Labute approximate surface area is 353 Å². The van der Waals surface area contributed by atoms with E-state index in [4.69, 9.17) is 19.7 Å². The van der Waals surface area contributed by atoms with E-state index in [1.54, 1.807) is 0 Å². The third-order valence-electron chi connectivity index (χ3n) is 13.1. The Kier molecular flexibility index (Phi) is 12.7. The van der Waals surface area contributed by atoms with Gasteiger partial charge in [0, 0.05) is 81.6 Å². The molecule has 6 N–H and O–H groups in total. The highest BCUT2D eigenvalue weighted by molar-refractivity contribution is 5.48. The molecule has 0 aliphatic carbocycles. The minimum absolute atomic E-state index is 0.0373. The van der Waals surface area contributed by atoms with Crippen LogP contribution in [-0.4, -0.2) is 123 Å². The van der Waals surface area contributed by atoms with E-state index in [0.717, 1.165) is 82.3 Å². The topological polar surface area (TPSA) is 130 Å². The summed E-state index contributed by atoms with van der Waals surface area (Å²) in [5, 5.41) is 23.9. The van der Waals surface area contributed by atoms with Crippen LogP contribution >= 0.6 is 0 Å². The van der Waals surface area contributed by atoms with Crippen LogP contribution in [0, 0.1) is 0 Å². The lowest BCUT2D eigenvalue weighted by Crippen LogP contribution is -2.65. The van der Waals surface area contributed by atoms with Crippen LogP contribution in [0.3, 0.4) is 0 Å². The highest BCUT2D eigenvalue weighted by atomic mass is 16.5. The van der Waals surface area contributed by atoms with Gasteiger partial charge in [0.05, 0.1) is 26.6 Å². The molecule has 0 amide bonds. The van der Waals surface area contributed by atoms with Gasteiger partial charge in [-0.15, -0.1) is 0 Å². The number of piperidine rings is 4. The number of anilines is 3. The minimum atomic E-state index is -0.0507. The molecule has 0 unspecified atom stereocenters. The molecule has 1 aromatic heterocycles. The average molecular weight is 811 g/mol. The molecule has 0 bridgehead atoms. The van der Waals surface area contributed by atoms with Crippen LogP contribution in [0.15, 0.2) is 0 Å². The highest BCUT2D eigenvalue weighted by Crippen LogP contribution is 2.37. The van der Waals surface area contributed by atoms with E-state index in [2.05, 4.69) is 157 Å².